The van der Waals surface area contributed by atoms with Crippen LogP contribution in [0.25, 0.3) is 0 Å². The van der Waals surface area contributed by atoms with Gasteiger partial charge in [0, 0.05) is 44.3 Å². The molecule has 18 heavy (non-hydrogen) atoms. The average Bonchev–Trinajstić information content (AvgIpc) is 2.40. The minimum absolute atomic E-state index is 0.669. The molecule has 1 heterocycles. The molecule has 1 aromatic rings. The highest BCUT2D eigenvalue weighted by Crippen LogP contribution is 2.11. The minimum atomic E-state index is 0.669. The number of rotatable bonds is 3. The van der Waals surface area contributed by atoms with Crippen LogP contribution in [-0.4, -0.2) is 42.0 Å². The van der Waals surface area contributed by atoms with E-state index in [0.29, 0.717) is 6.04 Å². The van der Waals surface area contributed by atoms with Gasteiger partial charge in [-0.05, 0) is 31.5 Å². The van der Waals surface area contributed by atoms with Crippen molar-refractivity contribution in [3.8, 4) is 12.3 Å². The second kappa shape index (κ2) is 6.04. The molecule has 0 amide bonds. The lowest BCUT2D eigenvalue weighted by Crippen LogP contribution is -2.48. The zero-order chi connectivity index (χ0) is 13.0. The predicted molar refractivity (Wildman–Crippen MR) is 76.4 cm³/mol. The lowest BCUT2D eigenvalue weighted by atomic mass is 10.1. The molecule has 0 unspecified atom stereocenters. The van der Waals surface area contributed by atoms with Gasteiger partial charge in [-0.3, -0.25) is 9.80 Å². The van der Waals surface area contributed by atoms with Gasteiger partial charge < -0.3 is 0 Å². The number of piperazine rings is 1. The number of hydrogen-bond donors (Lipinski definition) is 0. The summed E-state index contributed by atoms with van der Waals surface area (Å²) in [6.45, 7) is 10.3. The normalized spacial score (nSPS) is 17.9. The van der Waals surface area contributed by atoms with Crippen molar-refractivity contribution in [2.24, 2.45) is 0 Å². The summed E-state index contributed by atoms with van der Waals surface area (Å²) < 4.78 is 0. The van der Waals surface area contributed by atoms with Gasteiger partial charge >= 0.3 is 0 Å². The van der Waals surface area contributed by atoms with Crippen LogP contribution in [0.1, 0.15) is 25.0 Å². The first-order valence-corrected chi connectivity index (χ1v) is 6.71. The Morgan fingerprint density at radius 2 is 1.72 bits per heavy atom. The molecule has 2 nitrogen and oxygen atoms in total. The smallest absolute Gasteiger partial charge is 0.0242 e. The summed E-state index contributed by atoms with van der Waals surface area (Å²) >= 11 is 0. The summed E-state index contributed by atoms with van der Waals surface area (Å²) in [5, 5.41) is 0. The van der Waals surface area contributed by atoms with Crippen molar-refractivity contribution in [3.05, 3.63) is 35.4 Å². The van der Waals surface area contributed by atoms with Gasteiger partial charge in [0.25, 0.3) is 0 Å². The Labute approximate surface area is 111 Å². The van der Waals surface area contributed by atoms with Crippen LogP contribution in [0.4, 0.5) is 0 Å². The van der Waals surface area contributed by atoms with Crippen LogP contribution in [0.5, 0.6) is 0 Å². The summed E-state index contributed by atoms with van der Waals surface area (Å²) in [5.41, 5.74) is 2.32. The van der Waals surface area contributed by atoms with Crippen molar-refractivity contribution in [2.75, 3.05) is 26.2 Å². The van der Waals surface area contributed by atoms with E-state index in [1.165, 1.54) is 18.7 Å². The van der Waals surface area contributed by atoms with Crippen LogP contribution in [-0.2, 0) is 6.54 Å². The first-order valence-electron chi connectivity index (χ1n) is 6.71. The predicted octanol–water partition coefficient (Wildman–Crippen LogP) is 2.19. The van der Waals surface area contributed by atoms with Gasteiger partial charge in [-0.15, -0.1) is 6.42 Å². The van der Waals surface area contributed by atoms with Crippen LogP contribution in [0.2, 0.25) is 0 Å². The topological polar surface area (TPSA) is 6.48 Å². The molecule has 0 aromatic heterocycles. The third-order valence-electron chi connectivity index (χ3n) is 3.66. The molecule has 1 fully saturated rings. The second-order valence-electron chi connectivity index (χ2n) is 5.25. The molecule has 0 aliphatic carbocycles. The molecule has 0 N–H and O–H groups in total. The zero-order valence-electron chi connectivity index (χ0n) is 11.4. The summed E-state index contributed by atoms with van der Waals surface area (Å²) in [6, 6.07) is 9.01. The standard InChI is InChI=1S/C16H22N2/c1-4-15-5-7-16(8-6-15)13-17-9-11-18(12-10-17)14(2)3/h1,5-8,14H,9-13H2,2-3H3. The molecule has 0 atom stereocenters. The monoisotopic (exact) mass is 242 g/mol. The fourth-order valence-electron chi connectivity index (χ4n) is 2.40. The Morgan fingerprint density at radius 1 is 1.11 bits per heavy atom. The molecule has 1 aliphatic rings. The number of terminal acetylenes is 1. The van der Waals surface area contributed by atoms with E-state index >= 15 is 0 Å². The van der Waals surface area contributed by atoms with E-state index in [4.69, 9.17) is 6.42 Å². The van der Waals surface area contributed by atoms with E-state index in [2.05, 4.69) is 41.7 Å². The molecule has 0 bridgehead atoms. The third-order valence-corrected chi connectivity index (χ3v) is 3.66. The quantitative estimate of drug-likeness (QED) is 0.750. The van der Waals surface area contributed by atoms with Gasteiger partial charge in [-0.1, -0.05) is 18.1 Å². The average molecular weight is 242 g/mol. The zero-order valence-corrected chi connectivity index (χ0v) is 11.4. The van der Waals surface area contributed by atoms with Crippen LogP contribution >= 0.6 is 0 Å². The fraction of sp³-hybridized carbons (Fsp3) is 0.500. The summed E-state index contributed by atoms with van der Waals surface area (Å²) in [4.78, 5) is 5.06. The first kappa shape index (κ1) is 13.1. The van der Waals surface area contributed by atoms with Gasteiger partial charge in [0.15, 0.2) is 0 Å². The van der Waals surface area contributed by atoms with Crippen molar-refractivity contribution in [1.29, 1.82) is 0 Å². The van der Waals surface area contributed by atoms with Crippen molar-refractivity contribution in [2.45, 2.75) is 26.4 Å². The molecule has 0 saturated carbocycles. The highest BCUT2D eigenvalue weighted by molar-refractivity contribution is 5.34. The minimum Gasteiger partial charge on any atom is -0.298 e. The van der Waals surface area contributed by atoms with Gasteiger partial charge in [0.05, 0.1) is 0 Å². The van der Waals surface area contributed by atoms with E-state index < -0.39 is 0 Å². The van der Waals surface area contributed by atoms with E-state index in [0.717, 1.165) is 25.2 Å². The molecule has 1 aromatic carbocycles. The molecule has 1 aliphatic heterocycles. The van der Waals surface area contributed by atoms with Gasteiger partial charge in [0.2, 0.25) is 0 Å². The Morgan fingerprint density at radius 3 is 2.22 bits per heavy atom. The molecular formula is C16H22N2. The maximum absolute atomic E-state index is 5.36. The number of benzene rings is 1. The molecule has 0 spiro atoms. The first-order chi connectivity index (χ1) is 8.69. The Bertz CT molecular complexity index is 406. The highest BCUT2D eigenvalue weighted by atomic mass is 15.3. The Hall–Kier alpha value is -1.30. The molecule has 1 saturated heterocycles. The van der Waals surface area contributed by atoms with Crippen LogP contribution < -0.4 is 0 Å². The fourth-order valence-corrected chi connectivity index (χ4v) is 2.40. The van der Waals surface area contributed by atoms with E-state index in [1.54, 1.807) is 0 Å². The molecule has 2 rings (SSSR count). The third kappa shape index (κ3) is 3.35. The summed E-state index contributed by atoms with van der Waals surface area (Å²) in [6.07, 6.45) is 5.36. The molecular weight excluding hydrogens is 220 g/mol. The van der Waals surface area contributed by atoms with Crippen molar-refractivity contribution < 1.29 is 0 Å². The second-order valence-corrected chi connectivity index (χ2v) is 5.25. The van der Waals surface area contributed by atoms with E-state index in [9.17, 15) is 0 Å². The maximum Gasteiger partial charge on any atom is 0.0242 e. The highest BCUT2D eigenvalue weighted by Gasteiger charge is 2.18. The van der Waals surface area contributed by atoms with E-state index in [1.807, 2.05) is 12.1 Å². The van der Waals surface area contributed by atoms with Gasteiger partial charge in [0.1, 0.15) is 0 Å². The molecule has 0 radical (unpaired) electrons. The summed E-state index contributed by atoms with van der Waals surface area (Å²) in [7, 11) is 0. The van der Waals surface area contributed by atoms with Crippen molar-refractivity contribution in [1.82, 2.24) is 9.80 Å². The van der Waals surface area contributed by atoms with Crippen molar-refractivity contribution >= 4 is 0 Å². The number of hydrogen-bond acceptors (Lipinski definition) is 2. The van der Waals surface area contributed by atoms with Gasteiger partial charge in [-0.25, -0.2) is 0 Å². The Balaban J connectivity index is 1.86. The van der Waals surface area contributed by atoms with Crippen LogP contribution in [0.3, 0.4) is 0 Å². The van der Waals surface area contributed by atoms with E-state index in [-0.39, 0.29) is 0 Å². The van der Waals surface area contributed by atoms with Gasteiger partial charge in [-0.2, -0.15) is 0 Å². The number of nitrogens with zero attached hydrogens (tertiary/aromatic N) is 2. The van der Waals surface area contributed by atoms with Crippen molar-refractivity contribution in [3.63, 3.8) is 0 Å². The largest absolute Gasteiger partial charge is 0.298 e. The Kier molecular flexibility index (Phi) is 4.41. The van der Waals surface area contributed by atoms with Crippen LogP contribution in [0, 0.1) is 12.3 Å². The SMILES string of the molecule is C#Cc1ccc(CN2CCN(C(C)C)CC2)cc1. The molecule has 2 heteroatoms. The van der Waals surface area contributed by atoms with Crippen LogP contribution in [0.15, 0.2) is 24.3 Å². The maximum atomic E-state index is 5.36. The summed E-state index contributed by atoms with van der Waals surface area (Å²) in [5.74, 6) is 2.66. The lowest BCUT2D eigenvalue weighted by Gasteiger charge is -2.36. The lowest BCUT2D eigenvalue weighted by molar-refractivity contribution is 0.104. The molecule has 96 valence electrons.